The van der Waals surface area contributed by atoms with Crippen LogP contribution in [0.5, 0.6) is 0 Å². The molecule has 118 valence electrons. The highest BCUT2D eigenvalue weighted by Crippen LogP contribution is 2.21. The maximum atomic E-state index is 13.4. The average Bonchev–Trinajstić information content (AvgIpc) is 2.93. The molecule has 3 aromatic heterocycles. The van der Waals surface area contributed by atoms with Crippen LogP contribution in [-0.2, 0) is 0 Å². The van der Waals surface area contributed by atoms with E-state index in [0.29, 0.717) is 22.7 Å². The predicted molar refractivity (Wildman–Crippen MR) is 88.7 cm³/mol. The Hall–Kier alpha value is -2.99. The quantitative estimate of drug-likeness (QED) is 0.526. The average molecular weight is 342 g/mol. The number of halogens is 2. The lowest BCUT2D eigenvalue weighted by Crippen LogP contribution is -2.21. The molecule has 0 atom stereocenters. The molecule has 0 saturated carbocycles. The smallest absolute Gasteiger partial charge is 0.280 e. The highest BCUT2D eigenvalue weighted by Gasteiger charge is 2.14. The Labute approximate surface area is 139 Å². The summed E-state index contributed by atoms with van der Waals surface area (Å²) >= 11 is 6.00. The van der Waals surface area contributed by atoms with Crippen molar-refractivity contribution in [2.75, 3.05) is 0 Å². The molecule has 0 unspecified atom stereocenters. The van der Waals surface area contributed by atoms with E-state index in [0.717, 1.165) is 0 Å². The zero-order chi connectivity index (χ0) is 16.8. The van der Waals surface area contributed by atoms with Crippen LogP contribution in [0.3, 0.4) is 0 Å². The van der Waals surface area contributed by atoms with E-state index in [2.05, 4.69) is 4.98 Å². The van der Waals surface area contributed by atoms with Crippen molar-refractivity contribution in [3.63, 3.8) is 0 Å². The number of hydrogen-bond acceptors (Lipinski definition) is 3. The van der Waals surface area contributed by atoms with Crippen molar-refractivity contribution in [2.45, 2.75) is 0 Å². The number of hydrogen-bond donors (Lipinski definition) is 0. The molecule has 7 heteroatoms. The van der Waals surface area contributed by atoms with Gasteiger partial charge in [-0.1, -0.05) is 11.6 Å². The maximum absolute atomic E-state index is 13.4. The molecule has 0 radical (unpaired) electrons. The van der Waals surface area contributed by atoms with Gasteiger partial charge >= 0.3 is 0 Å². The van der Waals surface area contributed by atoms with E-state index in [1.807, 2.05) is 0 Å². The van der Waals surface area contributed by atoms with E-state index in [1.165, 1.54) is 35.2 Å². The molecule has 3 heterocycles. The third kappa shape index (κ3) is 2.04. The van der Waals surface area contributed by atoms with E-state index in [-0.39, 0.29) is 27.8 Å². The topological polar surface area (TPSA) is 56.4 Å². The summed E-state index contributed by atoms with van der Waals surface area (Å²) in [6, 6.07) is 7.38. The van der Waals surface area contributed by atoms with E-state index in [1.54, 1.807) is 22.7 Å². The van der Waals surface area contributed by atoms with Gasteiger partial charge in [0, 0.05) is 24.0 Å². The van der Waals surface area contributed by atoms with E-state index in [4.69, 9.17) is 11.6 Å². The monoisotopic (exact) mass is 341 g/mol. The SMILES string of the molecule is O=Cc1c(Cl)ccnc1-n1ccn2c(cc3cc(F)ccc32)c1=O. The summed E-state index contributed by atoms with van der Waals surface area (Å²) in [5.41, 5.74) is 0.807. The molecule has 0 fully saturated rings. The second-order valence-electron chi connectivity index (χ2n) is 5.22. The summed E-state index contributed by atoms with van der Waals surface area (Å²) in [6.07, 6.45) is 5.15. The van der Waals surface area contributed by atoms with Crippen molar-refractivity contribution in [1.29, 1.82) is 0 Å². The Balaban J connectivity index is 2.07. The molecule has 0 aliphatic rings. The van der Waals surface area contributed by atoms with Gasteiger partial charge in [-0.15, -0.1) is 0 Å². The molecule has 5 nitrogen and oxygen atoms in total. The van der Waals surface area contributed by atoms with Crippen LogP contribution in [-0.4, -0.2) is 20.2 Å². The Morgan fingerprint density at radius 1 is 1.12 bits per heavy atom. The summed E-state index contributed by atoms with van der Waals surface area (Å²) in [5, 5.41) is 0.823. The van der Waals surface area contributed by atoms with Gasteiger partial charge in [-0.25, -0.2) is 9.37 Å². The van der Waals surface area contributed by atoms with Gasteiger partial charge in [-0.2, -0.15) is 0 Å². The maximum Gasteiger partial charge on any atom is 0.280 e. The standard InChI is InChI=1S/C17H9ClFN3O2/c18-13-3-4-20-16(12(13)9-23)22-6-5-21-14-2-1-11(19)7-10(14)8-15(21)17(22)24/h1-9H. The molecule has 0 N–H and O–H groups in total. The van der Waals surface area contributed by atoms with Gasteiger partial charge < -0.3 is 4.40 Å². The van der Waals surface area contributed by atoms with Crippen molar-refractivity contribution >= 4 is 34.3 Å². The lowest BCUT2D eigenvalue weighted by Gasteiger charge is -2.09. The van der Waals surface area contributed by atoms with Crippen molar-refractivity contribution < 1.29 is 9.18 Å². The number of aromatic nitrogens is 3. The summed E-state index contributed by atoms with van der Waals surface area (Å²) in [5.74, 6) is -0.222. The van der Waals surface area contributed by atoms with E-state index in [9.17, 15) is 14.0 Å². The Kier molecular flexibility index (Phi) is 3.21. The molecular formula is C17H9ClFN3O2. The zero-order valence-electron chi connectivity index (χ0n) is 12.1. The second kappa shape index (κ2) is 5.28. The van der Waals surface area contributed by atoms with Crippen molar-refractivity contribution in [3.8, 4) is 5.82 Å². The van der Waals surface area contributed by atoms with Crippen LogP contribution in [0.15, 0.2) is 53.7 Å². The number of carbonyl (C=O) groups excluding carboxylic acids is 1. The Bertz CT molecular complexity index is 1180. The minimum absolute atomic E-state index is 0.132. The van der Waals surface area contributed by atoms with Crippen LogP contribution in [0, 0.1) is 5.82 Å². The first-order valence-corrected chi connectivity index (χ1v) is 7.40. The number of fused-ring (bicyclic) bond motifs is 3. The molecule has 0 spiro atoms. The third-order valence-electron chi connectivity index (χ3n) is 3.87. The van der Waals surface area contributed by atoms with Gasteiger partial charge in [0.25, 0.3) is 5.56 Å². The molecule has 0 aliphatic carbocycles. The third-order valence-corrected chi connectivity index (χ3v) is 4.20. The Morgan fingerprint density at radius 2 is 1.96 bits per heavy atom. The fourth-order valence-electron chi connectivity index (χ4n) is 2.76. The van der Waals surface area contributed by atoms with Crippen molar-refractivity contribution in [1.82, 2.24) is 14.0 Å². The number of benzene rings is 1. The highest BCUT2D eigenvalue weighted by molar-refractivity contribution is 6.33. The largest absolute Gasteiger partial charge is 0.310 e. The van der Waals surface area contributed by atoms with Crippen LogP contribution in [0.1, 0.15) is 10.4 Å². The minimum atomic E-state index is -0.382. The lowest BCUT2D eigenvalue weighted by atomic mass is 10.2. The van der Waals surface area contributed by atoms with Crippen LogP contribution >= 0.6 is 11.6 Å². The first-order chi connectivity index (χ1) is 11.6. The predicted octanol–water partition coefficient (Wildman–Crippen LogP) is 3.24. The van der Waals surface area contributed by atoms with Crippen LogP contribution in [0.2, 0.25) is 5.02 Å². The van der Waals surface area contributed by atoms with Gasteiger partial charge in [0.1, 0.15) is 11.3 Å². The van der Waals surface area contributed by atoms with E-state index >= 15 is 0 Å². The molecule has 4 rings (SSSR count). The van der Waals surface area contributed by atoms with Gasteiger partial charge in [-0.05, 0) is 30.3 Å². The van der Waals surface area contributed by atoms with Gasteiger partial charge in [0.15, 0.2) is 12.1 Å². The molecule has 0 saturated heterocycles. The van der Waals surface area contributed by atoms with Gasteiger partial charge in [-0.3, -0.25) is 14.2 Å². The van der Waals surface area contributed by atoms with Gasteiger partial charge in [0.2, 0.25) is 0 Å². The fourth-order valence-corrected chi connectivity index (χ4v) is 2.95. The normalized spacial score (nSPS) is 11.2. The van der Waals surface area contributed by atoms with E-state index < -0.39 is 0 Å². The molecular weight excluding hydrogens is 333 g/mol. The van der Waals surface area contributed by atoms with Crippen LogP contribution < -0.4 is 5.56 Å². The molecule has 1 aromatic carbocycles. The number of nitrogens with zero attached hydrogens (tertiary/aromatic N) is 3. The number of pyridine rings is 1. The molecule has 4 aromatic rings. The zero-order valence-corrected chi connectivity index (χ0v) is 12.9. The van der Waals surface area contributed by atoms with Gasteiger partial charge in [0.05, 0.1) is 16.1 Å². The number of rotatable bonds is 2. The van der Waals surface area contributed by atoms with Crippen molar-refractivity contribution in [3.05, 3.63) is 75.7 Å². The van der Waals surface area contributed by atoms with Crippen LogP contribution in [0.4, 0.5) is 4.39 Å². The first kappa shape index (κ1) is 14.6. The second-order valence-corrected chi connectivity index (χ2v) is 5.63. The van der Waals surface area contributed by atoms with Crippen molar-refractivity contribution in [2.24, 2.45) is 0 Å². The summed E-state index contributed by atoms with van der Waals surface area (Å²) in [4.78, 5) is 28.2. The number of aldehydes is 1. The summed E-state index contributed by atoms with van der Waals surface area (Å²) in [7, 11) is 0. The number of carbonyl (C=O) groups is 1. The molecule has 24 heavy (non-hydrogen) atoms. The fraction of sp³-hybridized carbons (Fsp3) is 0. The first-order valence-electron chi connectivity index (χ1n) is 7.02. The highest BCUT2D eigenvalue weighted by atomic mass is 35.5. The van der Waals surface area contributed by atoms with Crippen LogP contribution in [0.25, 0.3) is 22.2 Å². The summed E-state index contributed by atoms with van der Waals surface area (Å²) < 4.78 is 16.3. The molecule has 0 bridgehead atoms. The molecule has 0 aliphatic heterocycles. The molecule has 0 amide bonds. The lowest BCUT2D eigenvalue weighted by molar-refractivity contribution is 0.112. The summed E-state index contributed by atoms with van der Waals surface area (Å²) in [6.45, 7) is 0. The Morgan fingerprint density at radius 3 is 2.75 bits per heavy atom. The minimum Gasteiger partial charge on any atom is -0.310 e.